The summed E-state index contributed by atoms with van der Waals surface area (Å²) in [6.07, 6.45) is 0. The number of nitrogens with zero attached hydrogens (tertiary/aromatic N) is 1. The average Bonchev–Trinajstić information content (AvgIpc) is 2.42. The fourth-order valence-corrected chi connectivity index (χ4v) is 2.13. The molecule has 4 nitrogen and oxygen atoms in total. The number of rotatable bonds is 5. The van der Waals surface area contributed by atoms with E-state index in [0.29, 0.717) is 0 Å². The Kier molecular flexibility index (Phi) is 4.84. The van der Waals surface area contributed by atoms with Crippen molar-refractivity contribution in [3.8, 4) is 5.75 Å². The highest BCUT2D eigenvalue weighted by Gasteiger charge is 2.09. The van der Waals surface area contributed by atoms with Gasteiger partial charge in [-0.25, -0.2) is 0 Å². The molecule has 0 aliphatic carbocycles. The molecule has 0 saturated carbocycles. The summed E-state index contributed by atoms with van der Waals surface area (Å²) >= 11 is 0. The van der Waals surface area contributed by atoms with Crippen molar-refractivity contribution in [1.29, 1.82) is 0 Å². The smallest absolute Gasteiger partial charge is 0.119 e. The molecule has 0 bridgehead atoms. The quantitative estimate of drug-likeness (QED) is 0.863. The zero-order valence-electron chi connectivity index (χ0n) is 11.2. The van der Waals surface area contributed by atoms with Crippen molar-refractivity contribution in [1.82, 2.24) is 4.90 Å². The number of morpholine rings is 1. The molecule has 1 saturated heterocycles. The number of hydrogen-bond acceptors (Lipinski definition) is 4. The van der Waals surface area contributed by atoms with E-state index in [2.05, 4.69) is 29.3 Å². The minimum Gasteiger partial charge on any atom is -0.497 e. The van der Waals surface area contributed by atoms with E-state index in [4.69, 9.17) is 9.47 Å². The summed E-state index contributed by atoms with van der Waals surface area (Å²) < 4.78 is 10.5. The van der Waals surface area contributed by atoms with Gasteiger partial charge in [0.05, 0.1) is 20.3 Å². The lowest BCUT2D eigenvalue weighted by Crippen LogP contribution is -2.39. The zero-order chi connectivity index (χ0) is 12.8. The summed E-state index contributed by atoms with van der Waals surface area (Å²) in [6, 6.07) is 6.12. The van der Waals surface area contributed by atoms with Crippen LogP contribution < -0.4 is 10.1 Å². The summed E-state index contributed by atoms with van der Waals surface area (Å²) in [5.74, 6) is 0.909. The van der Waals surface area contributed by atoms with E-state index >= 15 is 0 Å². The molecule has 0 spiro atoms. The van der Waals surface area contributed by atoms with Gasteiger partial charge in [0.2, 0.25) is 0 Å². The van der Waals surface area contributed by atoms with E-state index in [-0.39, 0.29) is 0 Å². The number of nitrogens with one attached hydrogen (secondary N) is 1. The van der Waals surface area contributed by atoms with E-state index in [1.165, 1.54) is 11.3 Å². The van der Waals surface area contributed by atoms with Crippen LogP contribution in [0.5, 0.6) is 5.75 Å². The maximum Gasteiger partial charge on any atom is 0.119 e. The molecular weight excluding hydrogens is 228 g/mol. The minimum absolute atomic E-state index is 0.863. The lowest BCUT2D eigenvalue weighted by Gasteiger charge is -2.26. The molecule has 1 aromatic rings. The van der Waals surface area contributed by atoms with Crippen LogP contribution in [0.2, 0.25) is 0 Å². The Hall–Kier alpha value is -1.26. The first-order valence-electron chi connectivity index (χ1n) is 6.48. The van der Waals surface area contributed by atoms with Crippen molar-refractivity contribution in [2.45, 2.75) is 6.92 Å². The molecule has 0 amide bonds. The number of anilines is 1. The maximum atomic E-state index is 5.33. The van der Waals surface area contributed by atoms with Crippen molar-refractivity contribution < 1.29 is 9.47 Å². The summed E-state index contributed by atoms with van der Waals surface area (Å²) in [5.41, 5.74) is 2.40. The fourth-order valence-electron chi connectivity index (χ4n) is 2.13. The molecule has 1 aliphatic rings. The highest BCUT2D eigenvalue weighted by atomic mass is 16.5. The second-order valence-electron chi connectivity index (χ2n) is 4.56. The lowest BCUT2D eigenvalue weighted by atomic mass is 10.2. The predicted molar refractivity (Wildman–Crippen MR) is 73.5 cm³/mol. The van der Waals surface area contributed by atoms with Crippen LogP contribution >= 0.6 is 0 Å². The van der Waals surface area contributed by atoms with E-state index in [0.717, 1.165) is 45.1 Å². The molecule has 1 fully saturated rings. The molecule has 1 heterocycles. The Morgan fingerprint density at radius 2 is 2.11 bits per heavy atom. The van der Waals surface area contributed by atoms with Crippen molar-refractivity contribution in [2.24, 2.45) is 0 Å². The molecule has 1 N–H and O–H groups in total. The molecular formula is C14H22N2O2. The van der Waals surface area contributed by atoms with Crippen molar-refractivity contribution in [3.05, 3.63) is 23.8 Å². The van der Waals surface area contributed by atoms with Gasteiger partial charge in [-0.2, -0.15) is 0 Å². The maximum absolute atomic E-state index is 5.33. The van der Waals surface area contributed by atoms with Crippen LogP contribution in [0.4, 0.5) is 5.69 Å². The van der Waals surface area contributed by atoms with E-state index in [9.17, 15) is 0 Å². The lowest BCUT2D eigenvalue weighted by molar-refractivity contribution is 0.0398. The van der Waals surface area contributed by atoms with Gasteiger partial charge in [-0.3, -0.25) is 4.90 Å². The Bertz CT molecular complexity index is 376. The second kappa shape index (κ2) is 6.61. The highest BCUT2D eigenvalue weighted by molar-refractivity contribution is 5.53. The first-order chi connectivity index (χ1) is 8.79. The monoisotopic (exact) mass is 250 g/mol. The van der Waals surface area contributed by atoms with Gasteiger partial charge in [0.1, 0.15) is 5.75 Å². The van der Waals surface area contributed by atoms with Gasteiger partial charge in [0.15, 0.2) is 0 Å². The molecule has 1 aromatic carbocycles. The normalized spacial score (nSPS) is 16.6. The number of benzene rings is 1. The first-order valence-corrected chi connectivity index (χ1v) is 6.48. The Labute approximate surface area is 109 Å². The Balaban J connectivity index is 1.79. The molecule has 0 atom stereocenters. The number of ether oxygens (including phenoxy) is 2. The van der Waals surface area contributed by atoms with Gasteiger partial charge in [0, 0.05) is 31.9 Å². The van der Waals surface area contributed by atoms with Gasteiger partial charge in [-0.15, -0.1) is 0 Å². The van der Waals surface area contributed by atoms with Crippen LogP contribution in [-0.4, -0.2) is 51.4 Å². The third-order valence-electron chi connectivity index (χ3n) is 3.28. The summed E-state index contributed by atoms with van der Waals surface area (Å²) in [6.45, 7) is 7.94. The van der Waals surface area contributed by atoms with Crippen molar-refractivity contribution >= 4 is 5.69 Å². The van der Waals surface area contributed by atoms with Crippen LogP contribution in [0.15, 0.2) is 18.2 Å². The van der Waals surface area contributed by atoms with Crippen LogP contribution in [0, 0.1) is 6.92 Å². The van der Waals surface area contributed by atoms with Crippen LogP contribution in [0.3, 0.4) is 0 Å². The standard InChI is InChI=1S/C14H22N2O2/c1-12-11-13(17-2)3-4-14(12)15-5-6-16-7-9-18-10-8-16/h3-4,11,15H,5-10H2,1-2H3. The van der Waals surface area contributed by atoms with E-state index < -0.39 is 0 Å². The predicted octanol–water partition coefficient (Wildman–Crippen LogP) is 1.75. The third kappa shape index (κ3) is 3.62. The average molecular weight is 250 g/mol. The largest absolute Gasteiger partial charge is 0.497 e. The highest BCUT2D eigenvalue weighted by Crippen LogP contribution is 2.20. The van der Waals surface area contributed by atoms with Crippen molar-refractivity contribution in [2.75, 3.05) is 51.8 Å². The SMILES string of the molecule is COc1ccc(NCCN2CCOCC2)c(C)c1. The fraction of sp³-hybridized carbons (Fsp3) is 0.571. The molecule has 4 heteroatoms. The minimum atomic E-state index is 0.863. The van der Waals surface area contributed by atoms with Gasteiger partial charge < -0.3 is 14.8 Å². The number of aryl methyl sites for hydroxylation is 1. The first kappa shape index (κ1) is 13.2. The van der Waals surface area contributed by atoms with Crippen molar-refractivity contribution in [3.63, 3.8) is 0 Å². The summed E-state index contributed by atoms with van der Waals surface area (Å²) in [7, 11) is 1.69. The van der Waals surface area contributed by atoms with E-state index in [1.54, 1.807) is 7.11 Å². The molecule has 0 radical (unpaired) electrons. The molecule has 18 heavy (non-hydrogen) atoms. The van der Waals surface area contributed by atoms with Gasteiger partial charge in [0.25, 0.3) is 0 Å². The second-order valence-corrected chi connectivity index (χ2v) is 4.56. The Morgan fingerprint density at radius 3 is 2.78 bits per heavy atom. The molecule has 100 valence electrons. The van der Waals surface area contributed by atoms with Crippen LogP contribution in [-0.2, 0) is 4.74 Å². The van der Waals surface area contributed by atoms with Gasteiger partial charge in [-0.1, -0.05) is 0 Å². The summed E-state index contributed by atoms with van der Waals surface area (Å²) in [4.78, 5) is 2.43. The van der Waals surface area contributed by atoms with Gasteiger partial charge in [-0.05, 0) is 30.7 Å². The molecule has 0 aromatic heterocycles. The van der Waals surface area contributed by atoms with Gasteiger partial charge >= 0.3 is 0 Å². The topological polar surface area (TPSA) is 33.7 Å². The zero-order valence-corrected chi connectivity index (χ0v) is 11.2. The number of methoxy groups -OCH3 is 1. The molecule has 1 aliphatic heterocycles. The molecule has 2 rings (SSSR count). The molecule has 0 unspecified atom stereocenters. The van der Waals surface area contributed by atoms with Crippen LogP contribution in [0.1, 0.15) is 5.56 Å². The Morgan fingerprint density at radius 1 is 1.33 bits per heavy atom. The van der Waals surface area contributed by atoms with E-state index in [1.807, 2.05) is 6.07 Å². The third-order valence-corrected chi connectivity index (χ3v) is 3.28. The van der Waals surface area contributed by atoms with Crippen LogP contribution in [0.25, 0.3) is 0 Å². The summed E-state index contributed by atoms with van der Waals surface area (Å²) in [5, 5.41) is 3.47. The number of hydrogen-bond donors (Lipinski definition) is 1.